The number of benzene rings is 1. The van der Waals surface area contributed by atoms with Gasteiger partial charge in [-0.15, -0.1) is 0 Å². The molecule has 4 N–H and O–H groups in total. The first-order valence-electron chi connectivity index (χ1n) is 5.58. The number of amides is 1. The quantitative estimate of drug-likeness (QED) is 0.765. The molecule has 0 spiro atoms. The number of nitrogens with two attached hydrogens (primary N) is 1. The highest BCUT2D eigenvalue weighted by atomic mass is 35.5. The minimum Gasteiger partial charge on any atom is -0.508 e. The van der Waals surface area contributed by atoms with Crippen molar-refractivity contribution >= 4 is 17.5 Å². The lowest BCUT2D eigenvalue weighted by molar-refractivity contribution is 0.0935. The van der Waals surface area contributed by atoms with E-state index in [-0.39, 0.29) is 17.7 Å². The van der Waals surface area contributed by atoms with Crippen LogP contribution >= 0.6 is 11.6 Å². The Bertz CT molecular complexity index is 431. The Kier molecular flexibility index (Phi) is 3.54. The zero-order valence-corrected chi connectivity index (χ0v) is 10.1. The number of aromatic hydroxyl groups is 1. The SMILES string of the molecule is NC1CC(CNC(=O)c2cc(O)ccc2Cl)C1. The molecule has 0 aliphatic heterocycles. The first-order valence-corrected chi connectivity index (χ1v) is 5.96. The molecule has 2 rings (SSSR count). The predicted octanol–water partition coefficient (Wildman–Crippen LogP) is 1.51. The molecule has 5 heteroatoms. The molecule has 1 aromatic carbocycles. The fraction of sp³-hybridized carbons (Fsp3) is 0.417. The summed E-state index contributed by atoms with van der Waals surface area (Å²) in [7, 11) is 0. The van der Waals surface area contributed by atoms with Gasteiger partial charge in [0.2, 0.25) is 0 Å². The van der Waals surface area contributed by atoms with Crippen LogP contribution < -0.4 is 11.1 Å². The summed E-state index contributed by atoms with van der Waals surface area (Å²) in [6.07, 6.45) is 1.90. The van der Waals surface area contributed by atoms with Crippen LogP contribution in [0.15, 0.2) is 18.2 Å². The summed E-state index contributed by atoms with van der Waals surface area (Å²) < 4.78 is 0. The monoisotopic (exact) mass is 254 g/mol. The molecule has 0 radical (unpaired) electrons. The lowest BCUT2D eigenvalue weighted by Gasteiger charge is -2.32. The largest absolute Gasteiger partial charge is 0.508 e. The van der Waals surface area contributed by atoms with E-state index in [1.807, 2.05) is 0 Å². The number of carbonyl (C=O) groups is 1. The van der Waals surface area contributed by atoms with E-state index in [1.54, 1.807) is 0 Å². The minimum atomic E-state index is -0.258. The number of halogens is 1. The summed E-state index contributed by atoms with van der Waals surface area (Å²) in [5.74, 6) is 0.238. The number of rotatable bonds is 3. The fourth-order valence-electron chi connectivity index (χ4n) is 1.97. The van der Waals surface area contributed by atoms with E-state index in [0.717, 1.165) is 12.8 Å². The Morgan fingerprint density at radius 1 is 1.53 bits per heavy atom. The van der Waals surface area contributed by atoms with Gasteiger partial charge in [0.15, 0.2) is 0 Å². The second kappa shape index (κ2) is 4.94. The molecule has 0 unspecified atom stereocenters. The Balaban J connectivity index is 1.92. The molecule has 0 atom stereocenters. The van der Waals surface area contributed by atoms with E-state index >= 15 is 0 Å². The third-order valence-corrected chi connectivity index (χ3v) is 3.35. The second-order valence-corrected chi connectivity index (χ2v) is 4.88. The van der Waals surface area contributed by atoms with Crippen molar-refractivity contribution in [2.24, 2.45) is 11.7 Å². The van der Waals surface area contributed by atoms with Crippen LogP contribution in [0.25, 0.3) is 0 Å². The van der Waals surface area contributed by atoms with Gasteiger partial charge in [-0.05, 0) is 37.0 Å². The topological polar surface area (TPSA) is 75.3 Å². The van der Waals surface area contributed by atoms with Gasteiger partial charge in [0, 0.05) is 12.6 Å². The molecule has 4 nitrogen and oxygen atoms in total. The van der Waals surface area contributed by atoms with Crippen LogP contribution in [-0.4, -0.2) is 23.6 Å². The summed E-state index contributed by atoms with van der Waals surface area (Å²) in [5, 5.41) is 12.4. The lowest BCUT2D eigenvalue weighted by atomic mass is 9.81. The number of carbonyl (C=O) groups excluding carboxylic acids is 1. The predicted molar refractivity (Wildman–Crippen MR) is 66.1 cm³/mol. The van der Waals surface area contributed by atoms with Gasteiger partial charge in [0.05, 0.1) is 10.6 Å². The van der Waals surface area contributed by atoms with E-state index in [2.05, 4.69) is 5.32 Å². The van der Waals surface area contributed by atoms with Crippen molar-refractivity contribution in [3.8, 4) is 5.75 Å². The molecule has 1 aliphatic rings. The molecule has 17 heavy (non-hydrogen) atoms. The summed E-state index contributed by atoms with van der Waals surface area (Å²) in [5.41, 5.74) is 5.96. The number of hydrogen-bond donors (Lipinski definition) is 3. The van der Waals surface area contributed by atoms with Crippen molar-refractivity contribution in [2.45, 2.75) is 18.9 Å². The molecular formula is C12H15ClN2O2. The second-order valence-electron chi connectivity index (χ2n) is 4.47. The normalized spacial score (nSPS) is 22.9. The van der Waals surface area contributed by atoms with Gasteiger partial charge in [0.1, 0.15) is 5.75 Å². The van der Waals surface area contributed by atoms with Crippen molar-refractivity contribution in [2.75, 3.05) is 6.54 Å². The van der Waals surface area contributed by atoms with Gasteiger partial charge in [-0.25, -0.2) is 0 Å². The zero-order valence-electron chi connectivity index (χ0n) is 9.32. The average molecular weight is 255 g/mol. The highest BCUT2D eigenvalue weighted by molar-refractivity contribution is 6.33. The van der Waals surface area contributed by atoms with Gasteiger partial charge in [-0.2, -0.15) is 0 Å². The van der Waals surface area contributed by atoms with Gasteiger partial charge in [-0.3, -0.25) is 4.79 Å². The maximum atomic E-state index is 11.8. The van der Waals surface area contributed by atoms with E-state index in [4.69, 9.17) is 17.3 Å². The van der Waals surface area contributed by atoms with Crippen molar-refractivity contribution < 1.29 is 9.90 Å². The Labute approximate surface area is 105 Å². The van der Waals surface area contributed by atoms with Gasteiger partial charge >= 0.3 is 0 Å². The number of phenolic OH excluding ortho intramolecular Hbond substituents is 1. The first kappa shape index (κ1) is 12.2. The summed E-state index contributed by atoms with van der Waals surface area (Å²) in [6.45, 7) is 0.610. The Hall–Kier alpha value is -1.26. The molecule has 92 valence electrons. The standard InChI is InChI=1S/C12H15ClN2O2/c13-11-2-1-9(16)5-10(11)12(17)15-6-7-3-8(14)4-7/h1-2,5,7-8,16H,3-4,6,14H2,(H,15,17). The van der Waals surface area contributed by atoms with E-state index in [1.165, 1.54) is 18.2 Å². The van der Waals surface area contributed by atoms with Crippen LogP contribution in [0, 0.1) is 5.92 Å². The number of phenols is 1. The fourth-order valence-corrected chi connectivity index (χ4v) is 2.18. The minimum absolute atomic E-state index is 0.0326. The van der Waals surface area contributed by atoms with Crippen LogP contribution in [0.4, 0.5) is 0 Å². The Morgan fingerprint density at radius 2 is 2.24 bits per heavy atom. The van der Waals surface area contributed by atoms with E-state index in [0.29, 0.717) is 23.0 Å². The van der Waals surface area contributed by atoms with Crippen molar-refractivity contribution in [1.82, 2.24) is 5.32 Å². The average Bonchev–Trinajstić information content (AvgIpc) is 2.26. The molecule has 0 bridgehead atoms. The third-order valence-electron chi connectivity index (χ3n) is 3.02. The van der Waals surface area contributed by atoms with Crippen LogP contribution in [-0.2, 0) is 0 Å². The van der Waals surface area contributed by atoms with Crippen molar-refractivity contribution in [3.05, 3.63) is 28.8 Å². The maximum Gasteiger partial charge on any atom is 0.252 e. The Morgan fingerprint density at radius 3 is 2.88 bits per heavy atom. The van der Waals surface area contributed by atoms with Crippen molar-refractivity contribution in [3.63, 3.8) is 0 Å². The van der Waals surface area contributed by atoms with Gasteiger partial charge in [-0.1, -0.05) is 11.6 Å². The molecule has 0 aromatic heterocycles. The molecule has 1 amide bonds. The lowest BCUT2D eigenvalue weighted by Crippen LogP contribution is -2.42. The molecular weight excluding hydrogens is 240 g/mol. The maximum absolute atomic E-state index is 11.8. The summed E-state index contributed by atoms with van der Waals surface area (Å²) >= 11 is 5.89. The number of nitrogens with one attached hydrogen (secondary N) is 1. The van der Waals surface area contributed by atoms with E-state index < -0.39 is 0 Å². The highest BCUT2D eigenvalue weighted by Gasteiger charge is 2.26. The van der Waals surface area contributed by atoms with Crippen LogP contribution in [0.5, 0.6) is 5.75 Å². The van der Waals surface area contributed by atoms with Gasteiger partial charge in [0.25, 0.3) is 5.91 Å². The highest BCUT2D eigenvalue weighted by Crippen LogP contribution is 2.25. The smallest absolute Gasteiger partial charge is 0.252 e. The van der Waals surface area contributed by atoms with Crippen molar-refractivity contribution in [1.29, 1.82) is 0 Å². The molecule has 1 saturated carbocycles. The zero-order chi connectivity index (χ0) is 12.4. The summed E-state index contributed by atoms with van der Waals surface area (Å²) in [6, 6.07) is 4.60. The van der Waals surface area contributed by atoms with Gasteiger partial charge < -0.3 is 16.2 Å². The first-order chi connectivity index (χ1) is 8.06. The molecule has 1 fully saturated rings. The van der Waals surface area contributed by atoms with Crippen LogP contribution in [0.3, 0.4) is 0 Å². The molecule has 0 saturated heterocycles. The molecule has 1 aliphatic carbocycles. The van der Waals surface area contributed by atoms with Crippen LogP contribution in [0.2, 0.25) is 5.02 Å². The number of hydrogen-bond acceptors (Lipinski definition) is 3. The summed E-state index contributed by atoms with van der Waals surface area (Å²) in [4.78, 5) is 11.8. The van der Waals surface area contributed by atoms with Crippen LogP contribution in [0.1, 0.15) is 23.2 Å². The van der Waals surface area contributed by atoms with E-state index in [9.17, 15) is 9.90 Å². The third kappa shape index (κ3) is 2.90. The molecule has 0 heterocycles. The molecule has 1 aromatic rings.